The normalized spacial score (nSPS) is 14.0. The van der Waals surface area contributed by atoms with Gasteiger partial charge in [0.1, 0.15) is 18.1 Å². The van der Waals surface area contributed by atoms with Gasteiger partial charge in [-0.3, -0.25) is 4.79 Å². The van der Waals surface area contributed by atoms with E-state index in [4.69, 9.17) is 9.47 Å². The number of carbonyl (C=O) groups is 1. The van der Waals surface area contributed by atoms with E-state index in [0.717, 1.165) is 26.8 Å². The van der Waals surface area contributed by atoms with Crippen LogP contribution in [0.4, 0.5) is 5.13 Å². The first-order valence-electron chi connectivity index (χ1n) is 8.88. The van der Waals surface area contributed by atoms with Crippen LogP contribution in [0.3, 0.4) is 0 Å². The van der Waals surface area contributed by atoms with Crippen LogP contribution in [0.15, 0.2) is 48.5 Å². The number of benzene rings is 2. The van der Waals surface area contributed by atoms with E-state index in [1.54, 1.807) is 18.4 Å². The van der Waals surface area contributed by atoms with Gasteiger partial charge in [-0.1, -0.05) is 29.5 Å². The van der Waals surface area contributed by atoms with E-state index in [1.165, 1.54) is 0 Å². The van der Waals surface area contributed by atoms with Gasteiger partial charge in [0.15, 0.2) is 5.13 Å². The lowest BCUT2D eigenvalue weighted by Gasteiger charge is -2.37. The topological polar surface area (TPSA) is 63.7 Å². The number of thiazole rings is 1. The highest BCUT2D eigenvalue weighted by molar-refractivity contribution is 7.22. The number of ether oxygens (including phenoxy) is 2. The molecule has 140 valence electrons. The predicted octanol–water partition coefficient (Wildman–Crippen LogP) is 2.94. The summed E-state index contributed by atoms with van der Waals surface area (Å²) < 4.78 is 12.0. The summed E-state index contributed by atoms with van der Waals surface area (Å²) in [5.41, 5.74) is 0.931. The van der Waals surface area contributed by atoms with Gasteiger partial charge in [0, 0.05) is 19.2 Å². The molecule has 6 nitrogen and oxygen atoms in total. The quantitative estimate of drug-likeness (QED) is 0.636. The van der Waals surface area contributed by atoms with E-state index in [2.05, 4.69) is 15.2 Å². The van der Waals surface area contributed by atoms with Crippen LogP contribution < -0.4 is 19.7 Å². The second kappa shape index (κ2) is 7.84. The van der Waals surface area contributed by atoms with Gasteiger partial charge in [-0.15, -0.1) is 0 Å². The summed E-state index contributed by atoms with van der Waals surface area (Å²) in [5, 5.41) is 3.90. The van der Waals surface area contributed by atoms with Crippen LogP contribution in [0, 0.1) is 5.92 Å². The summed E-state index contributed by atoms with van der Waals surface area (Å²) >= 11 is 1.64. The van der Waals surface area contributed by atoms with Gasteiger partial charge in [-0.05, 0) is 24.3 Å². The predicted molar refractivity (Wildman–Crippen MR) is 107 cm³/mol. The van der Waals surface area contributed by atoms with Crippen molar-refractivity contribution >= 4 is 32.6 Å². The molecule has 0 radical (unpaired) electrons. The summed E-state index contributed by atoms with van der Waals surface area (Å²) in [7, 11) is 1.65. The molecular formula is C20H21N3O3S. The summed E-state index contributed by atoms with van der Waals surface area (Å²) in [4.78, 5) is 19.0. The van der Waals surface area contributed by atoms with Gasteiger partial charge in [0.25, 0.3) is 0 Å². The molecule has 27 heavy (non-hydrogen) atoms. The van der Waals surface area contributed by atoms with Crippen molar-refractivity contribution in [2.75, 3.05) is 38.3 Å². The second-order valence-corrected chi connectivity index (χ2v) is 7.39. The van der Waals surface area contributed by atoms with Gasteiger partial charge in [-0.2, -0.15) is 0 Å². The standard InChI is InChI=1S/C20H21N3O3S/c1-25-16-7-8-18-17(11-16)22-20(27-18)23-12-14(13-23)19(24)21-9-10-26-15-5-3-2-4-6-15/h2-8,11,14H,9-10,12-13H2,1H3,(H,21,24). The molecule has 3 aromatic rings. The van der Waals surface area contributed by atoms with Crippen molar-refractivity contribution in [3.8, 4) is 11.5 Å². The number of nitrogens with zero attached hydrogens (tertiary/aromatic N) is 2. The van der Waals surface area contributed by atoms with Gasteiger partial charge >= 0.3 is 0 Å². The Balaban J connectivity index is 1.23. The van der Waals surface area contributed by atoms with Crippen molar-refractivity contribution in [1.82, 2.24) is 10.3 Å². The first kappa shape index (κ1) is 17.6. The fourth-order valence-electron chi connectivity index (χ4n) is 2.96. The number of methoxy groups -OCH3 is 1. The fraction of sp³-hybridized carbons (Fsp3) is 0.300. The van der Waals surface area contributed by atoms with Gasteiger partial charge in [-0.25, -0.2) is 4.98 Å². The zero-order valence-electron chi connectivity index (χ0n) is 15.1. The lowest BCUT2D eigenvalue weighted by molar-refractivity contribution is -0.125. The third-order valence-corrected chi connectivity index (χ3v) is 5.62. The molecule has 0 spiro atoms. The maximum atomic E-state index is 12.2. The lowest BCUT2D eigenvalue weighted by atomic mass is 10.0. The Morgan fingerprint density at radius 2 is 2.04 bits per heavy atom. The molecular weight excluding hydrogens is 362 g/mol. The molecule has 1 N–H and O–H groups in total. The number of para-hydroxylation sites is 1. The van der Waals surface area contributed by atoms with Crippen LogP contribution in [0.5, 0.6) is 11.5 Å². The molecule has 0 unspecified atom stereocenters. The Morgan fingerprint density at radius 3 is 2.81 bits per heavy atom. The maximum absolute atomic E-state index is 12.2. The Hall–Kier alpha value is -2.80. The van der Waals surface area contributed by atoms with E-state index in [0.29, 0.717) is 26.2 Å². The number of carbonyl (C=O) groups excluding carboxylic acids is 1. The van der Waals surface area contributed by atoms with Crippen molar-refractivity contribution in [1.29, 1.82) is 0 Å². The number of fused-ring (bicyclic) bond motifs is 1. The monoisotopic (exact) mass is 383 g/mol. The zero-order chi connectivity index (χ0) is 18.6. The van der Waals surface area contributed by atoms with Crippen LogP contribution in [0.2, 0.25) is 0 Å². The minimum atomic E-state index is 0.00303. The first-order chi connectivity index (χ1) is 13.2. The smallest absolute Gasteiger partial charge is 0.226 e. The zero-order valence-corrected chi connectivity index (χ0v) is 15.9. The molecule has 7 heteroatoms. The van der Waals surface area contributed by atoms with Gasteiger partial charge < -0.3 is 19.7 Å². The van der Waals surface area contributed by atoms with Crippen molar-refractivity contribution < 1.29 is 14.3 Å². The molecule has 0 atom stereocenters. The highest BCUT2D eigenvalue weighted by atomic mass is 32.1. The van der Waals surface area contributed by atoms with E-state index in [9.17, 15) is 4.79 Å². The third kappa shape index (κ3) is 3.98. The van der Waals surface area contributed by atoms with Crippen LogP contribution >= 0.6 is 11.3 Å². The maximum Gasteiger partial charge on any atom is 0.226 e. The molecule has 0 saturated carbocycles. The lowest BCUT2D eigenvalue weighted by Crippen LogP contribution is -2.54. The van der Waals surface area contributed by atoms with Gasteiger partial charge in [0.05, 0.1) is 29.8 Å². The number of hydrogen-bond donors (Lipinski definition) is 1. The average molecular weight is 383 g/mol. The number of rotatable bonds is 7. The van der Waals surface area contributed by atoms with Crippen molar-refractivity contribution in [2.24, 2.45) is 5.92 Å². The Morgan fingerprint density at radius 1 is 1.22 bits per heavy atom. The van der Waals surface area contributed by atoms with Crippen molar-refractivity contribution in [2.45, 2.75) is 0 Å². The number of anilines is 1. The largest absolute Gasteiger partial charge is 0.497 e. The molecule has 1 saturated heterocycles. The highest BCUT2D eigenvalue weighted by Crippen LogP contribution is 2.34. The third-order valence-electron chi connectivity index (χ3n) is 4.52. The van der Waals surface area contributed by atoms with Crippen molar-refractivity contribution in [3.05, 3.63) is 48.5 Å². The summed E-state index contributed by atoms with van der Waals surface area (Å²) in [6, 6.07) is 15.5. The van der Waals surface area contributed by atoms with E-state index in [-0.39, 0.29) is 11.8 Å². The summed E-state index contributed by atoms with van der Waals surface area (Å²) in [6.07, 6.45) is 0. The fourth-order valence-corrected chi connectivity index (χ4v) is 3.93. The molecule has 1 amide bonds. The number of aromatic nitrogens is 1. The molecule has 0 bridgehead atoms. The van der Waals surface area contributed by atoms with Crippen LogP contribution in [-0.4, -0.2) is 44.2 Å². The van der Waals surface area contributed by atoms with Crippen molar-refractivity contribution in [3.63, 3.8) is 0 Å². The average Bonchev–Trinajstić information content (AvgIpc) is 3.07. The van der Waals surface area contributed by atoms with Crippen LogP contribution in [-0.2, 0) is 4.79 Å². The second-order valence-electron chi connectivity index (χ2n) is 6.38. The Bertz CT molecular complexity index is 923. The molecule has 2 heterocycles. The van der Waals surface area contributed by atoms with E-state index < -0.39 is 0 Å². The summed E-state index contributed by atoms with van der Waals surface area (Å²) in [6.45, 7) is 2.36. The molecule has 0 aliphatic carbocycles. The molecule has 4 rings (SSSR count). The number of amides is 1. The van der Waals surface area contributed by atoms with Crippen LogP contribution in [0.1, 0.15) is 0 Å². The minimum Gasteiger partial charge on any atom is -0.497 e. The van der Waals surface area contributed by atoms with Crippen LogP contribution in [0.25, 0.3) is 10.2 Å². The van der Waals surface area contributed by atoms with E-state index >= 15 is 0 Å². The molecule has 1 aliphatic heterocycles. The minimum absolute atomic E-state index is 0.00303. The van der Waals surface area contributed by atoms with Gasteiger partial charge in [0.2, 0.25) is 5.91 Å². The SMILES string of the molecule is COc1ccc2sc(N3CC(C(=O)NCCOc4ccccc4)C3)nc2c1. The first-order valence-corrected chi connectivity index (χ1v) is 9.69. The Kier molecular flexibility index (Phi) is 5.11. The summed E-state index contributed by atoms with van der Waals surface area (Å²) in [5.74, 6) is 1.70. The molecule has 1 fully saturated rings. The Labute approximate surface area is 161 Å². The molecule has 1 aromatic heterocycles. The van der Waals surface area contributed by atoms with E-state index in [1.807, 2.05) is 48.5 Å². The number of nitrogens with one attached hydrogen (secondary N) is 1. The highest BCUT2D eigenvalue weighted by Gasteiger charge is 2.34. The molecule has 2 aromatic carbocycles. The number of hydrogen-bond acceptors (Lipinski definition) is 6. The molecule has 1 aliphatic rings.